The average molecular weight is 261 g/mol. The van der Waals surface area contributed by atoms with E-state index in [1.165, 1.54) is 12.8 Å². The topological polar surface area (TPSA) is 54.0 Å². The number of aromatic nitrogens is 1. The molecular formula is C15H23N3O. The smallest absolute Gasteiger partial charge is 0.270 e. The Bertz CT molecular complexity index is 456. The highest BCUT2D eigenvalue weighted by Gasteiger charge is 2.35. The molecule has 2 rings (SSSR count). The highest BCUT2D eigenvalue weighted by Crippen LogP contribution is 2.37. The van der Waals surface area contributed by atoms with Gasteiger partial charge in [-0.2, -0.15) is 0 Å². The number of carbonyl (C=O) groups excluding carboxylic acids is 1. The summed E-state index contributed by atoms with van der Waals surface area (Å²) < 4.78 is 0. The molecular weight excluding hydrogens is 238 g/mol. The molecule has 1 aromatic heterocycles. The zero-order valence-electron chi connectivity index (χ0n) is 12.0. The summed E-state index contributed by atoms with van der Waals surface area (Å²) in [6, 6.07) is 5.75. The van der Waals surface area contributed by atoms with Gasteiger partial charge in [0.2, 0.25) is 0 Å². The SMILES string of the molecule is CCNc1cccc(C(=O)NC2CCCC2(C)C)n1. The Hall–Kier alpha value is -1.58. The number of rotatable bonds is 4. The van der Waals surface area contributed by atoms with Gasteiger partial charge in [-0.25, -0.2) is 4.98 Å². The summed E-state index contributed by atoms with van der Waals surface area (Å²) >= 11 is 0. The highest BCUT2D eigenvalue weighted by atomic mass is 16.1. The molecule has 1 saturated carbocycles. The van der Waals surface area contributed by atoms with E-state index in [1.54, 1.807) is 6.07 Å². The maximum Gasteiger partial charge on any atom is 0.270 e. The first-order valence-corrected chi connectivity index (χ1v) is 7.05. The molecule has 1 aliphatic carbocycles. The van der Waals surface area contributed by atoms with Gasteiger partial charge in [0.25, 0.3) is 5.91 Å². The molecule has 1 fully saturated rings. The van der Waals surface area contributed by atoms with Crippen LogP contribution in [0, 0.1) is 5.41 Å². The lowest BCUT2D eigenvalue weighted by Gasteiger charge is -2.27. The second-order valence-corrected chi connectivity index (χ2v) is 5.85. The van der Waals surface area contributed by atoms with Gasteiger partial charge in [0, 0.05) is 12.6 Å². The summed E-state index contributed by atoms with van der Waals surface area (Å²) in [6.07, 6.45) is 3.41. The average Bonchev–Trinajstić information content (AvgIpc) is 2.69. The number of anilines is 1. The Labute approximate surface area is 115 Å². The first-order valence-electron chi connectivity index (χ1n) is 7.05. The summed E-state index contributed by atoms with van der Waals surface area (Å²) in [4.78, 5) is 16.6. The molecule has 1 heterocycles. The number of hydrogen-bond donors (Lipinski definition) is 2. The van der Waals surface area contributed by atoms with E-state index in [1.807, 2.05) is 19.1 Å². The lowest BCUT2D eigenvalue weighted by atomic mass is 9.87. The molecule has 4 nitrogen and oxygen atoms in total. The largest absolute Gasteiger partial charge is 0.370 e. The number of nitrogens with one attached hydrogen (secondary N) is 2. The van der Waals surface area contributed by atoms with Crippen molar-refractivity contribution < 1.29 is 4.79 Å². The van der Waals surface area contributed by atoms with Crippen LogP contribution in [0.25, 0.3) is 0 Å². The Balaban J connectivity index is 2.05. The molecule has 0 bridgehead atoms. The molecule has 1 aliphatic rings. The van der Waals surface area contributed by atoms with Gasteiger partial charge in [-0.3, -0.25) is 4.79 Å². The first kappa shape index (κ1) is 13.8. The van der Waals surface area contributed by atoms with Gasteiger partial charge in [-0.15, -0.1) is 0 Å². The van der Waals surface area contributed by atoms with Crippen LogP contribution in [0.15, 0.2) is 18.2 Å². The minimum absolute atomic E-state index is 0.0697. The predicted octanol–water partition coefficient (Wildman–Crippen LogP) is 2.82. The zero-order valence-corrected chi connectivity index (χ0v) is 12.0. The van der Waals surface area contributed by atoms with Gasteiger partial charge >= 0.3 is 0 Å². The van der Waals surface area contributed by atoms with Crippen LogP contribution >= 0.6 is 0 Å². The Kier molecular flexibility index (Phi) is 4.08. The van der Waals surface area contributed by atoms with Crippen molar-refractivity contribution in [3.8, 4) is 0 Å². The number of carbonyl (C=O) groups is 1. The normalized spacial score (nSPS) is 21.1. The minimum Gasteiger partial charge on any atom is -0.370 e. The standard InChI is InChI=1S/C15H23N3O/c1-4-16-13-9-5-7-11(17-13)14(19)18-12-8-6-10-15(12,2)3/h5,7,9,12H,4,6,8,10H2,1-3H3,(H,16,17)(H,18,19). The van der Waals surface area contributed by atoms with Gasteiger partial charge in [-0.05, 0) is 37.3 Å². The van der Waals surface area contributed by atoms with Gasteiger partial charge in [0.1, 0.15) is 11.5 Å². The lowest BCUT2D eigenvalue weighted by Crippen LogP contribution is -2.41. The fourth-order valence-corrected chi connectivity index (χ4v) is 2.67. The van der Waals surface area contributed by atoms with Gasteiger partial charge in [0.15, 0.2) is 0 Å². The Morgan fingerprint density at radius 3 is 2.89 bits per heavy atom. The molecule has 0 aromatic carbocycles. The molecule has 2 N–H and O–H groups in total. The molecule has 0 radical (unpaired) electrons. The van der Waals surface area contributed by atoms with Crippen molar-refractivity contribution in [1.82, 2.24) is 10.3 Å². The minimum atomic E-state index is -0.0697. The number of hydrogen-bond acceptors (Lipinski definition) is 3. The van der Waals surface area contributed by atoms with Crippen LogP contribution in [0.4, 0.5) is 5.82 Å². The maximum atomic E-state index is 12.2. The van der Waals surface area contributed by atoms with E-state index in [-0.39, 0.29) is 17.4 Å². The molecule has 1 amide bonds. The van der Waals surface area contributed by atoms with E-state index in [2.05, 4.69) is 29.5 Å². The highest BCUT2D eigenvalue weighted by molar-refractivity contribution is 5.92. The van der Waals surface area contributed by atoms with E-state index in [0.29, 0.717) is 5.69 Å². The molecule has 19 heavy (non-hydrogen) atoms. The summed E-state index contributed by atoms with van der Waals surface area (Å²) in [5, 5.41) is 6.25. The van der Waals surface area contributed by atoms with Crippen LogP contribution in [0.3, 0.4) is 0 Å². The second kappa shape index (κ2) is 5.59. The van der Waals surface area contributed by atoms with E-state index in [0.717, 1.165) is 18.8 Å². The van der Waals surface area contributed by atoms with Gasteiger partial charge < -0.3 is 10.6 Å². The van der Waals surface area contributed by atoms with Crippen molar-refractivity contribution in [1.29, 1.82) is 0 Å². The molecule has 1 aromatic rings. The van der Waals surface area contributed by atoms with E-state index in [9.17, 15) is 4.79 Å². The van der Waals surface area contributed by atoms with E-state index >= 15 is 0 Å². The molecule has 0 spiro atoms. The van der Waals surface area contributed by atoms with Crippen LogP contribution in [-0.4, -0.2) is 23.5 Å². The first-order chi connectivity index (χ1) is 9.03. The van der Waals surface area contributed by atoms with Gasteiger partial charge in [0.05, 0.1) is 0 Å². The number of pyridine rings is 1. The monoisotopic (exact) mass is 261 g/mol. The number of nitrogens with zero attached hydrogens (tertiary/aromatic N) is 1. The van der Waals surface area contributed by atoms with Crippen LogP contribution in [0.2, 0.25) is 0 Å². The van der Waals surface area contributed by atoms with Crippen molar-refractivity contribution in [3.63, 3.8) is 0 Å². The van der Waals surface area contributed by atoms with Crippen LogP contribution < -0.4 is 10.6 Å². The van der Waals surface area contributed by atoms with Crippen molar-refractivity contribution in [2.45, 2.75) is 46.1 Å². The van der Waals surface area contributed by atoms with E-state index < -0.39 is 0 Å². The second-order valence-electron chi connectivity index (χ2n) is 5.85. The van der Waals surface area contributed by atoms with Crippen molar-refractivity contribution in [2.24, 2.45) is 5.41 Å². The third kappa shape index (κ3) is 3.25. The predicted molar refractivity (Wildman–Crippen MR) is 77.3 cm³/mol. The Morgan fingerprint density at radius 2 is 2.26 bits per heavy atom. The Morgan fingerprint density at radius 1 is 1.47 bits per heavy atom. The molecule has 1 atom stereocenters. The summed E-state index contributed by atoms with van der Waals surface area (Å²) in [6.45, 7) is 7.24. The van der Waals surface area contributed by atoms with Crippen molar-refractivity contribution >= 4 is 11.7 Å². The summed E-state index contributed by atoms with van der Waals surface area (Å²) in [5.74, 6) is 0.681. The quantitative estimate of drug-likeness (QED) is 0.876. The third-order valence-electron chi connectivity index (χ3n) is 3.90. The van der Waals surface area contributed by atoms with Crippen molar-refractivity contribution in [2.75, 3.05) is 11.9 Å². The maximum absolute atomic E-state index is 12.2. The van der Waals surface area contributed by atoms with E-state index in [4.69, 9.17) is 0 Å². The molecule has 1 unspecified atom stereocenters. The fourth-order valence-electron chi connectivity index (χ4n) is 2.67. The molecule has 104 valence electrons. The van der Waals surface area contributed by atoms with Gasteiger partial charge in [-0.1, -0.05) is 26.3 Å². The van der Waals surface area contributed by atoms with Crippen molar-refractivity contribution in [3.05, 3.63) is 23.9 Å². The fraction of sp³-hybridized carbons (Fsp3) is 0.600. The van der Waals surface area contributed by atoms with Crippen LogP contribution in [-0.2, 0) is 0 Å². The summed E-state index contributed by atoms with van der Waals surface area (Å²) in [7, 11) is 0. The number of amides is 1. The van der Waals surface area contributed by atoms with Crippen LogP contribution in [0.1, 0.15) is 50.5 Å². The molecule has 0 aliphatic heterocycles. The zero-order chi connectivity index (χ0) is 13.9. The van der Waals surface area contributed by atoms with Crippen LogP contribution in [0.5, 0.6) is 0 Å². The molecule has 0 saturated heterocycles. The lowest BCUT2D eigenvalue weighted by molar-refractivity contribution is 0.0905. The molecule has 4 heteroatoms. The third-order valence-corrected chi connectivity index (χ3v) is 3.90. The summed E-state index contributed by atoms with van der Waals surface area (Å²) in [5.41, 5.74) is 0.677.